The summed E-state index contributed by atoms with van der Waals surface area (Å²) in [5, 5.41) is 4.99. The van der Waals surface area contributed by atoms with Crippen molar-refractivity contribution < 1.29 is 4.74 Å². The van der Waals surface area contributed by atoms with E-state index < -0.39 is 0 Å². The van der Waals surface area contributed by atoms with E-state index >= 15 is 0 Å². The fourth-order valence-electron chi connectivity index (χ4n) is 3.17. The van der Waals surface area contributed by atoms with Crippen molar-refractivity contribution in [1.82, 2.24) is 9.78 Å². The maximum atomic E-state index is 6.50. The predicted octanol–water partition coefficient (Wildman–Crippen LogP) is 3.18. The molecule has 0 aliphatic carbocycles. The summed E-state index contributed by atoms with van der Waals surface area (Å²) in [5.74, 6) is 0.679. The Labute approximate surface area is 120 Å². The predicted molar refractivity (Wildman–Crippen MR) is 77.2 cm³/mol. The SMILES string of the molecule is CC1OC(C)C(C(N)c2c(Cl)cnn2C(C)C)C1C. The summed E-state index contributed by atoms with van der Waals surface area (Å²) in [5.41, 5.74) is 7.43. The van der Waals surface area contributed by atoms with Crippen molar-refractivity contribution in [2.75, 3.05) is 0 Å². The van der Waals surface area contributed by atoms with E-state index in [0.717, 1.165) is 5.69 Å². The van der Waals surface area contributed by atoms with Gasteiger partial charge in [0.2, 0.25) is 0 Å². The first-order chi connectivity index (χ1) is 8.84. The normalized spacial score (nSPS) is 33.1. The molecule has 5 unspecified atom stereocenters. The van der Waals surface area contributed by atoms with Crippen LogP contribution in [0.1, 0.15) is 52.4 Å². The highest BCUT2D eigenvalue weighted by Gasteiger charge is 2.42. The molecule has 0 amide bonds. The van der Waals surface area contributed by atoms with Crippen LogP contribution < -0.4 is 5.73 Å². The van der Waals surface area contributed by atoms with Crippen molar-refractivity contribution in [3.8, 4) is 0 Å². The number of rotatable bonds is 3. The third-order valence-electron chi connectivity index (χ3n) is 4.33. The standard InChI is InChI=1S/C14H24ClN3O/c1-7(2)18-14(11(15)6-17-18)13(16)12-8(3)9(4)19-10(12)5/h6-10,12-13H,16H2,1-5H3. The topological polar surface area (TPSA) is 53.1 Å². The molecule has 2 heterocycles. The lowest BCUT2D eigenvalue weighted by Crippen LogP contribution is -2.33. The van der Waals surface area contributed by atoms with Crippen LogP contribution in [0.5, 0.6) is 0 Å². The molecular formula is C14H24ClN3O. The van der Waals surface area contributed by atoms with E-state index in [2.05, 4.69) is 39.7 Å². The van der Waals surface area contributed by atoms with Crippen LogP contribution in [0, 0.1) is 11.8 Å². The highest BCUT2D eigenvalue weighted by molar-refractivity contribution is 6.31. The second-order valence-corrected chi connectivity index (χ2v) is 6.33. The van der Waals surface area contributed by atoms with Gasteiger partial charge in [0.05, 0.1) is 35.2 Å². The first-order valence-electron chi connectivity index (χ1n) is 6.98. The first kappa shape index (κ1) is 14.8. The summed E-state index contributed by atoms with van der Waals surface area (Å²) in [6.07, 6.45) is 2.07. The molecule has 0 saturated carbocycles. The molecule has 0 radical (unpaired) electrons. The molecule has 5 atom stereocenters. The van der Waals surface area contributed by atoms with E-state index in [0.29, 0.717) is 10.9 Å². The van der Waals surface area contributed by atoms with Gasteiger partial charge in [0.1, 0.15) is 0 Å². The Kier molecular flexibility index (Phi) is 4.23. The van der Waals surface area contributed by atoms with Crippen LogP contribution in [0.15, 0.2) is 6.20 Å². The highest BCUT2D eigenvalue weighted by Crippen LogP contribution is 2.41. The van der Waals surface area contributed by atoms with Gasteiger partial charge in [-0.05, 0) is 33.6 Å². The number of hydrogen-bond acceptors (Lipinski definition) is 3. The average Bonchev–Trinajstić information content (AvgIpc) is 2.81. The molecular weight excluding hydrogens is 262 g/mol. The van der Waals surface area contributed by atoms with E-state index in [4.69, 9.17) is 22.1 Å². The third-order valence-corrected chi connectivity index (χ3v) is 4.62. The van der Waals surface area contributed by atoms with Crippen LogP contribution in [0.3, 0.4) is 0 Å². The van der Waals surface area contributed by atoms with Crippen molar-refractivity contribution in [2.24, 2.45) is 17.6 Å². The number of nitrogens with two attached hydrogens (primary N) is 1. The van der Waals surface area contributed by atoms with E-state index in [1.807, 2.05) is 4.68 Å². The molecule has 2 rings (SSSR count). The van der Waals surface area contributed by atoms with Crippen LogP contribution in [0.2, 0.25) is 5.02 Å². The van der Waals surface area contributed by atoms with E-state index in [1.165, 1.54) is 0 Å². The zero-order valence-electron chi connectivity index (χ0n) is 12.3. The van der Waals surface area contributed by atoms with Crippen LogP contribution in [-0.4, -0.2) is 22.0 Å². The Morgan fingerprint density at radius 2 is 1.95 bits per heavy atom. The monoisotopic (exact) mass is 285 g/mol. The maximum absolute atomic E-state index is 6.50. The molecule has 108 valence electrons. The Morgan fingerprint density at radius 1 is 1.32 bits per heavy atom. The van der Waals surface area contributed by atoms with Crippen molar-refractivity contribution in [3.63, 3.8) is 0 Å². The van der Waals surface area contributed by atoms with Crippen molar-refractivity contribution >= 4 is 11.6 Å². The fraction of sp³-hybridized carbons (Fsp3) is 0.786. The number of ether oxygens (including phenoxy) is 1. The molecule has 0 bridgehead atoms. The van der Waals surface area contributed by atoms with Gasteiger partial charge in [0.15, 0.2) is 0 Å². The van der Waals surface area contributed by atoms with Crippen molar-refractivity contribution in [3.05, 3.63) is 16.9 Å². The van der Waals surface area contributed by atoms with Gasteiger partial charge in [-0.3, -0.25) is 4.68 Å². The Balaban J connectivity index is 2.34. The van der Waals surface area contributed by atoms with Crippen molar-refractivity contribution in [2.45, 2.75) is 58.9 Å². The molecule has 19 heavy (non-hydrogen) atoms. The van der Waals surface area contributed by atoms with Crippen LogP contribution in [-0.2, 0) is 4.74 Å². The average molecular weight is 286 g/mol. The first-order valence-corrected chi connectivity index (χ1v) is 7.36. The molecule has 4 nitrogen and oxygen atoms in total. The van der Waals surface area contributed by atoms with Crippen molar-refractivity contribution in [1.29, 1.82) is 0 Å². The van der Waals surface area contributed by atoms with Gasteiger partial charge in [0, 0.05) is 12.0 Å². The second kappa shape index (κ2) is 5.43. The zero-order chi connectivity index (χ0) is 14.3. The molecule has 0 spiro atoms. The Hall–Kier alpha value is -0.580. The lowest BCUT2D eigenvalue weighted by Gasteiger charge is -2.27. The largest absolute Gasteiger partial charge is 0.375 e. The van der Waals surface area contributed by atoms with Crippen LogP contribution in [0.4, 0.5) is 0 Å². The van der Waals surface area contributed by atoms with Gasteiger partial charge in [-0.25, -0.2) is 0 Å². The lowest BCUT2D eigenvalue weighted by molar-refractivity contribution is 0.0486. The second-order valence-electron chi connectivity index (χ2n) is 5.92. The third kappa shape index (κ3) is 2.54. The Bertz CT molecular complexity index is 446. The lowest BCUT2D eigenvalue weighted by atomic mass is 9.82. The number of nitrogens with zero attached hydrogens (tertiary/aromatic N) is 2. The summed E-state index contributed by atoms with van der Waals surface area (Å²) in [6, 6.07) is 0.103. The Morgan fingerprint density at radius 3 is 2.42 bits per heavy atom. The molecule has 0 aromatic carbocycles. The van der Waals surface area contributed by atoms with E-state index in [-0.39, 0.29) is 30.2 Å². The summed E-state index contributed by atoms with van der Waals surface area (Å²) < 4.78 is 7.82. The van der Waals surface area contributed by atoms with Gasteiger partial charge in [-0.2, -0.15) is 5.10 Å². The fourth-order valence-corrected chi connectivity index (χ4v) is 3.43. The maximum Gasteiger partial charge on any atom is 0.0834 e. The molecule has 1 aliphatic heterocycles. The number of aromatic nitrogens is 2. The van der Waals surface area contributed by atoms with Crippen LogP contribution >= 0.6 is 11.6 Å². The highest BCUT2D eigenvalue weighted by atomic mass is 35.5. The molecule has 1 aromatic heterocycles. The summed E-state index contributed by atoms with van der Waals surface area (Å²) in [6.45, 7) is 10.6. The molecule has 5 heteroatoms. The minimum atomic E-state index is -0.146. The molecule has 1 aliphatic rings. The smallest absolute Gasteiger partial charge is 0.0834 e. The summed E-state index contributed by atoms with van der Waals surface area (Å²) in [7, 11) is 0. The van der Waals surface area contributed by atoms with Gasteiger partial charge >= 0.3 is 0 Å². The van der Waals surface area contributed by atoms with Gasteiger partial charge in [-0.15, -0.1) is 0 Å². The van der Waals surface area contributed by atoms with Gasteiger partial charge in [-0.1, -0.05) is 18.5 Å². The minimum Gasteiger partial charge on any atom is -0.375 e. The number of hydrogen-bond donors (Lipinski definition) is 1. The molecule has 2 N–H and O–H groups in total. The molecule has 1 aromatic rings. The van der Waals surface area contributed by atoms with Gasteiger partial charge < -0.3 is 10.5 Å². The van der Waals surface area contributed by atoms with E-state index in [1.54, 1.807) is 6.20 Å². The zero-order valence-corrected chi connectivity index (χ0v) is 13.1. The van der Waals surface area contributed by atoms with E-state index in [9.17, 15) is 0 Å². The van der Waals surface area contributed by atoms with Gasteiger partial charge in [0.25, 0.3) is 0 Å². The molecule has 1 saturated heterocycles. The quantitative estimate of drug-likeness (QED) is 0.928. The number of halogens is 1. The van der Waals surface area contributed by atoms with Crippen LogP contribution in [0.25, 0.3) is 0 Å². The summed E-state index contributed by atoms with van der Waals surface area (Å²) in [4.78, 5) is 0. The minimum absolute atomic E-state index is 0.145. The molecule has 1 fully saturated rings. The summed E-state index contributed by atoms with van der Waals surface area (Å²) >= 11 is 6.29.